The first-order valence-corrected chi connectivity index (χ1v) is 8.38. The Morgan fingerprint density at radius 1 is 1.12 bits per heavy atom. The Morgan fingerprint density at radius 3 is 2.44 bits per heavy atom. The van der Waals surface area contributed by atoms with Gasteiger partial charge in [0.05, 0.1) is 0 Å². The molecule has 5 heteroatoms. The average Bonchev–Trinajstić information content (AvgIpc) is 2.96. The minimum atomic E-state index is -0.503. The fraction of sp³-hybridized carbons (Fsp3) is 0.300. The van der Waals surface area contributed by atoms with Gasteiger partial charge in [0.15, 0.2) is 0 Å². The van der Waals surface area contributed by atoms with Crippen molar-refractivity contribution in [3.05, 3.63) is 59.7 Å². The van der Waals surface area contributed by atoms with E-state index >= 15 is 0 Å². The van der Waals surface area contributed by atoms with Crippen LogP contribution in [0.2, 0.25) is 0 Å². The summed E-state index contributed by atoms with van der Waals surface area (Å²) < 4.78 is 0. The van der Waals surface area contributed by atoms with E-state index < -0.39 is 6.04 Å². The molecule has 1 heterocycles. The SMILES string of the molecule is CC(=O)N1c2ccccc2C[C@H]1C(=O)Nc1ccc(CN(C)C)cc1. The van der Waals surface area contributed by atoms with Crippen LogP contribution in [0.3, 0.4) is 0 Å². The molecule has 1 aliphatic rings. The number of para-hydroxylation sites is 1. The lowest BCUT2D eigenvalue weighted by atomic mass is 10.1. The second kappa shape index (κ2) is 7.07. The molecular weight excluding hydrogens is 314 g/mol. The fourth-order valence-corrected chi connectivity index (χ4v) is 3.27. The number of carbonyl (C=O) groups excluding carboxylic acids is 2. The lowest BCUT2D eigenvalue weighted by molar-refractivity contribution is -0.122. The van der Waals surface area contributed by atoms with Gasteiger partial charge in [0, 0.05) is 31.3 Å². The zero-order valence-corrected chi connectivity index (χ0v) is 14.8. The van der Waals surface area contributed by atoms with Crippen molar-refractivity contribution in [3.63, 3.8) is 0 Å². The largest absolute Gasteiger partial charge is 0.324 e. The van der Waals surface area contributed by atoms with Gasteiger partial charge in [-0.05, 0) is 43.4 Å². The van der Waals surface area contributed by atoms with E-state index in [1.54, 1.807) is 4.90 Å². The van der Waals surface area contributed by atoms with Crippen LogP contribution in [-0.4, -0.2) is 36.9 Å². The molecule has 5 nitrogen and oxygen atoms in total. The van der Waals surface area contributed by atoms with Crippen LogP contribution in [0.25, 0.3) is 0 Å². The van der Waals surface area contributed by atoms with Crippen LogP contribution in [0, 0.1) is 0 Å². The fourth-order valence-electron chi connectivity index (χ4n) is 3.27. The highest BCUT2D eigenvalue weighted by molar-refractivity contribution is 6.06. The molecule has 0 aliphatic carbocycles. The maximum atomic E-state index is 12.7. The molecule has 0 bridgehead atoms. The van der Waals surface area contributed by atoms with Crippen molar-refractivity contribution in [2.45, 2.75) is 25.9 Å². The third-order valence-corrected chi connectivity index (χ3v) is 4.34. The van der Waals surface area contributed by atoms with Crippen LogP contribution in [0.4, 0.5) is 11.4 Å². The quantitative estimate of drug-likeness (QED) is 0.933. The first-order valence-electron chi connectivity index (χ1n) is 8.38. The molecule has 0 aromatic heterocycles. The second-order valence-electron chi connectivity index (χ2n) is 6.66. The molecule has 0 unspecified atom stereocenters. The van der Waals surface area contributed by atoms with Crippen LogP contribution in [0.5, 0.6) is 0 Å². The highest BCUT2D eigenvalue weighted by Gasteiger charge is 2.36. The Bertz CT molecular complexity index is 784. The first-order chi connectivity index (χ1) is 12.0. The Morgan fingerprint density at radius 2 is 1.80 bits per heavy atom. The smallest absolute Gasteiger partial charge is 0.247 e. The number of amides is 2. The molecule has 2 aromatic carbocycles. The van der Waals surface area contributed by atoms with E-state index in [1.165, 1.54) is 12.5 Å². The zero-order chi connectivity index (χ0) is 18.0. The summed E-state index contributed by atoms with van der Waals surface area (Å²) in [5, 5.41) is 2.94. The summed E-state index contributed by atoms with van der Waals surface area (Å²) in [4.78, 5) is 28.5. The lowest BCUT2D eigenvalue weighted by Crippen LogP contribution is -2.44. The number of carbonyl (C=O) groups is 2. The minimum Gasteiger partial charge on any atom is -0.324 e. The summed E-state index contributed by atoms with van der Waals surface area (Å²) in [6, 6.07) is 15.0. The van der Waals surface area contributed by atoms with Gasteiger partial charge in [-0.3, -0.25) is 14.5 Å². The molecule has 1 aliphatic heterocycles. The molecule has 2 amide bonds. The van der Waals surface area contributed by atoms with E-state index in [1.807, 2.05) is 62.6 Å². The van der Waals surface area contributed by atoms with Gasteiger partial charge < -0.3 is 10.2 Å². The Labute approximate surface area is 148 Å². The van der Waals surface area contributed by atoms with Crippen LogP contribution in [0.1, 0.15) is 18.1 Å². The maximum absolute atomic E-state index is 12.7. The number of hydrogen-bond donors (Lipinski definition) is 1. The highest BCUT2D eigenvalue weighted by Crippen LogP contribution is 2.32. The Balaban J connectivity index is 1.74. The Kier molecular flexibility index (Phi) is 4.86. The standard InChI is InChI=1S/C20H23N3O2/c1-14(24)23-18-7-5-4-6-16(18)12-19(23)20(25)21-17-10-8-15(9-11-17)13-22(2)3/h4-11,19H,12-13H2,1-3H3,(H,21,25)/t19-/m0/s1. The van der Waals surface area contributed by atoms with Crippen molar-refractivity contribution in [3.8, 4) is 0 Å². The summed E-state index contributed by atoms with van der Waals surface area (Å²) in [7, 11) is 4.04. The predicted octanol–water partition coefficient (Wildman–Crippen LogP) is 2.66. The molecule has 0 saturated heterocycles. The number of rotatable bonds is 4. The highest BCUT2D eigenvalue weighted by atomic mass is 16.2. The molecular formula is C20H23N3O2. The van der Waals surface area contributed by atoms with Gasteiger partial charge in [0.1, 0.15) is 6.04 Å². The van der Waals surface area contributed by atoms with E-state index in [4.69, 9.17) is 0 Å². The molecule has 25 heavy (non-hydrogen) atoms. The minimum absolute atomic E-state index is 0.119. The van der Waals surface area contributed by atoms with Crippen molar-refractivity contribution in [2.24, 2.45) is 0 Å². The van der Waals surface area contributed by atoms with Gasteiger partial charge in [0.25, 0.3) is 0 Å². The van der Waals surface area contributed by atoms with Gasteiger partial charge in [-0.2, -0.15) is 0 Å². The van der Waals surface area contributed by atoms with Gasteiger partial charge >= 0.3 is 0 Å². The van der Waals surface area contributed by atoms with E-state index in [-0.39, 0.29) is 11.8 Å². The average molecular weight is 337 g/mol. The molecule has 130 valence electrons. The van der Waals surface area contributed by atoms with E-state index in [2.05, 4.69) is 10.2 Å². The van der Waals surface area contributed by atoms with Crippen LogP contribution in [-0.2, 0) is 22.6 Å². The molecule has 1 atom stereocenters. The van der Waals surface area contributed by atoms with Crippen molar-refractivity contribution in [2.75, 3.05) is 24.3 Å². The number of fused-ring (bicyclic) bond motifs is 1. The van der Waals surface area contributed by atoms with Crippen LogP contribution < -0.4 is 10.2 Å². The van der Waals surface area contributed by atoms with Crippen LogP contribution >= 0.6 is 0 Å². The molecule has 0 spiro atoms. The third-order valence-electron chi connectivity index (χ3n) is 4.34. The summed E-state index contributed by atoms with van der Waals surface area (Å²) in [5.74, 6) is -0.279. The number of anilines is 2. The van der Waals surface area contributed by atoms with E-state index in [0.29, 0.717) is 6.42 Å². The summed E-state index contributed by atoms with van der Waals surface area (Å²) in [6.45, 7) is 2.35. The van der Waals surface area contributed by atoms with Crippen molar-refractivity contribution in [1.29, 1.82) is 0 Å². The van der Waals surface area contributed by atoms with Crippen molar-refractivity contribution < 1.29 is 9.59 Å². The summed E-state index contributed by atoms with van der Waals surface area (Å²) >= 11 is 0. The predicted molar refractivity (Wildman–Crippen MR) is 99.6 cm³/mol. The van der Waals surface area contributed by atoms with Crippen LogP contribution in [0.15, 0.2) is 48.5 Å². The molecule has 3 rings (SSSR count). The van der Waals surface area contributed by atoms with Gasteiger partial charge in [-0.15, -0.1) is 0 Å². The normalized spacial score (nSPS) is 16.0. The van der Waals surface area contributed by atoms with E-state index in [0.717, 1.165) is 23.5 Å². The number of nitrogens with one attached hydrogen (secondary N) is 1. The third kappa shape index (κ3) is 3.72. The number of hydrogen-bond acceptors (Lipinski definition) is 3. The number of nitrogens with zero attached hydrogens (tertiary/aromatic N) is 2. The molecule has 1 N–H and O–H groups in total. The molecule has 2 aromatic rings. The summed E-state index contributed by atoms with van der Waals surface area (Å²) in [6.07, 6.45) is 0.542. The monoisotopic (exact) mass is 337 g/mol. The molecule has 0 radical (unpaired) electrons. The Hall–Kier alpha value is -2.66. The van der Waals surface area contributed by atoms with E-state index in [9.17, 15) is 9.59 Å². The second-order valence-corrected chi connectivity index (χ2v) is 6.66. The van der Waals surface area contributed by atoms with Gasteiger partial charge in [0.2, 0.25) is 11.8 Å². The van der Waals surface area contributed by atoms with Gasteiger partial charge in [-0.1, -0.05) is 30.3 Å². The number of benzene rings is 2. The van der Waals surface area contributed by atoms with Gasteiger partial charge in [-0.25, -0.2) is 0 Å². The maximum Gasteiger partial charge on any atom is 0.247 e. The van der Waals surface area contributed by atoms with Crippen molar-refractivity contribution in [1.82, 2.24) is 4.90 Å². The zero-order valence-electron chi connectivity index (χ0n) is 14.8. The first kappa shape index (κ1) is 17.2. The topological polar surface area (TPSA) is 52.7 Å². The molecule has 0 saturated carbocycles. The van der Waals surface area contributed by atoms with Crippen molar-refractivity contribution >= 4 is 23.2 Å². The lowest BCUT2D eigenvalue weighted by Gasteiger charge is -2.23. The summed E-state index contributed by atoms with van der Waals surface area (Å²) in [5.41, 5.74) is 3.78. The molecule has 0 fully saturated rings.